The van der Waals surface area contributed by atoms with Crippen LogP contribution < -0.4 is 14.4 Å². The molecular formula is C24H36N4O3S. The smallest absolute Gasteiger partial charge is 0.244 e. The standard InChI is InChI=1S/C24H36N4O3S/c1-18-15-23(31-6)24(16-19(18)2)32(29,30)25-17-22(28-13-11-27(5)12-14-28)20-7-9-21(10-8-20)26(3)4/h7-10,15-16,22,25H,11-14,17H2,1-6H3/t22-/m1/s1. The molecule has 0 spiro atoms. The van der Waals surface area contributed by atoms with Gasteiger partial charge in [-0.1, -0.05) is 12.1 Å². The molecule has 2 aromatic carbocycles. The maximum atomic E-state index is 13.3. The van der Waals surface area contributed by atoms with Gasteiger partial charge in [-0.3, -0.25) is 4.90 Å². The Labute approximate surface area is 193 Å². The van der Waals surface area contributed by atoms with E-state index in [0.717, 1.165) is 48.6 Å². The monoisotopic (exact) mass is 460 g/mol. The fourth-order valence-electron chi connectivity index (χ4n) is 3.99. The third kappa shape index (κ3) is 5.61. The number of benzene rings is 2. The van der Waals surface area contributed by atoms with Gasteiger partial charge in [0.2, 0.25) is 10.0 Å². The molecule has 8 heteroatoms. The van der Waals surface area contributed by atoms with Crippen molar-refractivity contribution in [3.63, 3.8) is 0 Å². The summed E-state index contributed by atoms with van der Waals surface area (Å²) in [5.74, 6) is 0.368. The molecule has 0 aromatic heterocycles. The van der Waals surface area contributed by atoms with Crippen molar-refractivity contribution in [2.24, 2.45) is 0 Å². The van der Waals surface area contributed by atoms with Crippen LogP contribution >= 0.6 is 0 Å². The summed E-state index contributed by atoms with van der Waals surface area (Å²) in [6.45, 7) is 7.86. The first-order chi connectivity index (χ1) is 15.1. The molecule has 1 heterocycles. The summed E-state index contributed by atoms with van der Waals surface area (Å²) >= 11 is 0. The fourth-order valence-corrected chi connectivity index (χ4v) is 5.26. The van der Waals surface area contributed by atoms with Crippen molar-refractivity contribution in [2.75, 3.05) is 65.9 Å². The van der Waals surface area contributed by atoms with Gasteiger partial charge in [-0.15, -0.1) is 0 Å². The summed E-state index contributed by atoms with van der Waals surface area (Å²) in [7, 11) is 3.91. The highest BCUT2D eigenvalue weighted by Crippen LogP contribution is 2.29. The molecule has 176 valence electrons. The maximum absolute atomic E-state index is 13.3. The molecule has 0 unspecified atom stereocenters. The summed E-state index contributed by atoms with van der Waals surface area (Å²) < 4.78 is 34.8. The third-order valence-electron chi connectivity index (χ3n) is 6.31. The second-order valence-corrected chi connectivity index (χ2v) is 10.5. The van der Waals surface area contributed by atoms with E-state index in [0.29, 0.717) is 12.3 Å². The average Bonchev–Trinajstić information content (AvgIpc) is 2.76. The lowest BCUT2D eigenvalue weighted by atomic mass is 10.0. The van der Waals surface area contributed by atoms with E-state index in [2.05, 4.69) is 50.7 Å². The van der Waals surface area contributed by atoms with Crippen LogP contribution in [0.2, 0.25) is 0 Å². The summed E-state index contributed by atoms with van der Waals surface area (Å²) in [6, 6.07) is 11.8. The molecule has 7 nitrogen and oxygen atoms in total. The maximum Gasteiger partial charge on any atom is 0.244 e. The molecule has 1 aliphatic rings. The number of nitrogens with zero attached hydrogens (tertiary/aromatic N) is 3. The lowest BCUT2D eigenvalue weighted by Crippen LogP contribution is -2.48. The zero-order chi connectivity index (χ0) is 23.5. The average molecular weight is 461 g/mol. The molecule has 0 aliphatic carbocycles. The highest BCUT2D eigenvalue weighted by molar-refractivity contribution is 7.89. The Morgan fingerprint density at radius 2 is 1.62 bits per heavy atom. The van der Waals surface area contributed by atoms with Crippen molar-refractivity contribution in [3.05, 3.63) is 53.1 Å². The van der Waals surface area contributed by atoms with Gasteiger partial charge in [0.25, 0.3) is 0 Å². The molecular weight excluding hydrogens is 424 g/mol. The van der Waals surface area contributed by atoms with Gasteiger partial charge in [-0.05, 0) is 61.9 Å². The first-order valence-electron chi connectivity index (χ1n) is 11.0. The number of sulfonamides is 1. The van der Waals surface area contributed by atoms with Gasteiger partial charge >= 0.3 is 0 Å². The molecule has 0 bridgehead atoms. The van der Waals surface area contributed by atoms with Gasteiger partial charge in [0.1, 0.15) is 10.6 Å². The number of ether oxygens (including phenoxy) is 1. The summed E-state index contributed by atoms with van der Waals surface area (Å²) in [4.78, 5) is 6.91. The van der Waals surface area contributed by atoms with Gasteiger partial charge < -0.3 is 14.5 Å². The van der Waals surface area contributed by atoms with E-state index in [-0.39, 0.29) is 10.9 Å². The lowest BCUT2D eigenvalue weighted by Gasteiger charge is -2.38. The molecule has 2 aromatic rings. The largest absolute Gasteiger partial charge is 0.495 e. The molecule has 0 saturated carbocycles. The second kappa shape index (κ2) is 10.2. The van der Waals surface area contributed by atoms with Gasteiger partial charge in [-0.25, -0.2) is 13.1 Å². The number of aryl methyl sites for hydroxylation is 2. The Morgan fingerprint density at radius 1 is 1.03 bits per heavy atom. The van der Waals surface area contributed by atoms with Crippen molar-refractivity contribution in [3.8, 4) is 5.75 Å². The normalized spacial score (nSPS) is 16.7. The predicted molar refractivity (Wildman–Crippen MR) is 130 cm³/mol. The molecule has 1 N–H and O–H groups in total. The van der Waals surface area contributed by atoms with Gasteiger partial charge in [0, 0.05) is 58.5 Å². The lowest BCUT2D eigenvalue weighted by molar-refractivity contribution is 0.113. The minimum absolute atomic E-state index is 0.0489. The van der Waals surface area contributed by atoms with Gasteiger partial charge in [0.15, 0.2) is 0 Å². The zero-order valence-corrected chi connectivity index (χ0v) is 20.9. The SMILES string of the molecule is COc1cc(C)c(C)cc1S(=O)(=O)NC[C@H](c1ccc(N(C)C)cc1)N1CCN(C)CC1. The van der Waals surface area contributed by atoms with Crippen LogP contribution in [0, 0.1) is 13.8 Å². The number of methoxy groups -OCH3 is 1. The minimum atomic E-state index is -3.74. The van der Waals surface area contributed by atoms with E-state index in [1.54, 1.807) is 12.1 Å². The van der Waals surface area contributed by atoms with E-state index in [1.807, 2.05) is 27.9 Å². The second-order valence-electron chi connectivity index (χ2n) is 8.78. The van der Waals surface area contributed by atoms with Crippen LogP contribution in [0.5, 0.6) is 5.75 Å². The molecule has 32 heavy (non-hydrogen) atoms. The van der Waals surface area contributed by atoms with E-state index < -0.39 is 10.0 Å². The number of anilines is 1. The number of hydrogen-bond donors (Lipinski definition) is 1. The summed E-state index contributed by atoms with van der Waals surface area (Å²) in [5, 5.41) is 0. The van der Waals surface area contributed by atoms with Gasteiger partial charge in [0.05, 0.1) is 7.11 Å². The van der Waals surface area contributed by atoms with Crippen LogP contribution in [0.25, 0.3) is 0 Å². The Kier molecular flexibility index (Phi) is 7.82. The van der Waals surface area contributed by atoms with Crippen molar-refractivity contribution >= 4 is 15.7 Å². The minimum Gasteiger partial charge on any atom is -0.495 e. The van der Waals surface area contributed by atoms with Crippen LogP contribution in [-0.2, 0) is 10.0 Å². The highest BCUT2D eigenvalue weighted by Gasteiger charge is 2.27. The Morgan fingerprint density at radius 3 is 2.19 bits per heavy atom. The van der Waals surface area contributed by atoms with Crippen LogP contribution in [0.15, 0.2) is 41.3 Å². The van der Waals surface area contributed by atoms with E-state index in [9.17, 15) is 8.42 Å². The topological polar surface area (TPSA) is 65.1 Å². The molecule has 0 amide bonds. The molecule has 1 aliphatic heterocycles. The van der Waals surface area contributed by atoms with Crippen molar-refractivity contribution < 1.29 is 13.2 Å². The zero-order valence-electron chi connectivity index (χ0n) is 20.1. The quantitative estimate of drug-likeness (QED) is 0.653. The molecule has 1 atom stereocenters. The van der Waals surface area contributed by atoms with Crippen LogP contribution in [0.4, 0.5) is 5.69 Å². The number of likely N-dealkylation sites (N-methyl/N-ethyl adjacent to an activating group) is 1. The number of hydrogen-bond acceptors (Lipinski definition) is 6. The van der Waals surface area contributed by atoms with Crippen molar-refractivity contribution in [1.29, 1.82) is 0 Å². The van der Waals surface area contributed by atoms with Crippen LogP contribution in [0.1, 0.15) is 22.7 Å². The van der Waals surface area contributed by atoms with E-state index >= 15 is 0 Å². The molecule has 0 radical (unpaired) electrons. The Bertz CT molecular complexity index is 1010. The first-order valence-corrected chi connectivity index (χ1v) is 12.5. The van der Waals surface area contributed by atoms with Crippen molar-refractivity contribution in [2.45, 2.75) is 24.8 Å². The van der Waals surface area contributed by atoms with Crippen molar-refractivity contribution in [1.82, 2.24) is 14.5 Å². The highest BCUT2D eigenvalue weighted by atomic mass is 32.2. The first kappa shape index (κ1) is 24.5. The van der Waals surface area contributed by atoms with Crippen LogP contribution in [0.3, 0.4) is 0 Å². The number of piperazine rings is 1. The molecule has 1 fully saturated rings. The summed E-state index contributed by atoms with van der Waals surface area (Å²) in [5.41, 5.74) is 4.14. The molecule has 1 saturated heterocycles. The van der Waals surface area contributed by atoms with Gasteiger partial charge in [-0.2, -0.15) is 0 Å². The third-order valence-corrected chi connectivity index (χ3v) is 7.75. The van der Waals surface area contributed by atoms with E-state index in [1.165, 1.54) is 7.11 Å². The Hall–Kier alpha value is -2.13. The van der Waals surface area contributed by atoms with Crippen LogP contribution in [-0.4, -0.2) is 79.2 Å². The number of nitrogens with one attached hydrogen (secondary N) is 1. The van der Waals surface area contributed by atoms with E-state index in [4.69, 9.17) is 4.74 Å². The Balaban J connectivity index is 1.87. The summed E-state index contributed by atoms with van der Waals surface area (Å²) in [6.07, 6.45) is 0. The predicted octanol–water partition coefficient (Wildman–Crippen LogP) is 2.65. The number of rotatable bonds is 8. The fraction of sp³-hybridized carbons (Fsp3) is 0.500. The molecule has 3 rings (SSSR count).